The van der Waals surface area contributed by atoms with Crippen LogP contribution in [0.4, 0.5) is 16.2 Å². The number of halogens is 1. The van der Waals surface area contributed by atoms with Crippen LogP contribution in [0.1, 0.15) is 33.2 Å². The first kappa shape index (κ1) is 30.9. The number of aliphatic hydroxyl groups excluding tert-OH is 1. The predicted octanol–water partition coefficient (Wildman–Crippen LogP) is 4.11. The van der Waals surface area contributed by atoms with Gasteiger partial charge in [0.2, 0.25) is 0 Å². The van der Waals surface area contributed by atoms with Crippen molar-refractivity contribution >= 4 is 40.9 Å². The molecule has 2 heterocycles. The summed E-state index contributed by atoms with van der Waals surface area (Å²) in [5.41, 5.74) is 3.06. The van der Waals surface area contributed by atoms with Crippen molar-refractivity contribution in [3.63, 3.8) is 0 Å². The number of urea groups is 1. The zero-order valence-electron chi connectivity index (χ0n) is 23.6. The number of amides is 3. The molecule has 4 rings (SSSR count). The van der Waals surface area contributed by atoms with E-state index in [-0.39, 0.29) is 41.5 Å². The minimum absolute atomic E-state index is 0.00638. The van der Waals surface area contributed by atoms with Gasteiger partial charge in [0.15, 0.2) is 0 Å². The van der Waals surface area contributed by atoms with Crippen LogP contribution in [-0.4, -0.2) is 58.0 Å². The van der Waals surface area contributed by atoms with E-state index in [0.717, 1.165) is 0 Å². The molecule has 0 fully saturated rings. The predicted molar refractivity (Wildman–Crippen MR) is 162 cm³/mol. The zero-order valence-corrected chi connectivity index (χ0v) is 24.4. The first-order valence-electron chi connectivity index (χ1n) is 13.2. The van der Waals surface area contributed by atoms with Crippen molar-refractivity contribution in [3.8, 4) is 22.4 Å². The van der Waals surface area contributed by atoms with Crippen molar-refractivity contribution in [1.29, 1.82) is 0 Å². The summed E-state index contributed by atoms with van der Waals surface area (Å²) in [5, 5.41) is 21.6. The molecule has 2 aromatic carbocycles. The summed E-state index contributed by atoms with van der Waals surface area (Å²) in [5.74, 6) is -1.09. The first-order valence-corrected chi connectivity index (χ1v) is 13.6. The molecule has 4 aromatic rings. The largest absolute Gasteiger partial charge is 0.465 e. The number of anilines is 2. The summed E-state index contributed by atoms with van der Waals surface area (Å²) in [7, 11) is 1.24. The average molecular weight is 605 g/mol. The number of carbonyl (C=O) groups excluding carboxylic acids is 3. The van der Waals surface area contributed by atoms with Gasteiger partial charge in [0, 0.05) is 36.6 Å². The summed E-state index contributed by atoms with van der Waals surface area (Å²) < 4.78 is 6.09. The Bertz CT molecular complexity index is 1740. The number of esters is 1. The van der Waals surface area contributed by atoms with E-state index >= 15 is 0 Å². The van der Waals surface area contributed by atoms with Crippen molar-refractivity contribution in [2.24, 2.45) is 0 Å². The summed E-state index contributed by atoms with van der Waals surface area (Å²) >= 11 is 6.17. The van der Waals surface area contributed by atoms with Crippen molar-refractivity contribution in [2.45, 2.75) is 20.4 Å². The summed E-state index contributed by atoms with van der Waals surface area (Å²) in [6, 6.07) is 12.5. The van der Waals surface area contributed by atoms with Crippen LogP contribution in [0.3, 0.4) is 0 Å². The molecule has 4 N–H and O–H groups in total. The number of rotatable bonds is 9. The van der Waals surface area contributed by atoms with E-state index in [1.54, 1.807) is 56.4 Å². The first-order chi connectivity index (χ1) is 20.6. The van der Waals surface area contributed by atoms with Crippen LogP contribution in [0.5, 0.6) is 0 Å². The van der Waals surface area contributed by atoms with Gasteiger partial charge in [0.05, 0.1) is 35.7 Å². The molecule has 0 spiro atoms. The van der Waals surface area contributed by atoms with Gasteiger partial charge in [-0.15, -0.1) is 0 Å². The van der Waals surface area contributed by atoms with Crippen molar-refractivity contribution in [3.05, 3.63) is 93.0 Å². The highest BCUT2D eigenvalue weighted by Crippen LogP contribution is 2.28. The van der Waals surface area contributed by atoms with Crippen LogP contribution in [0.15, 0.2) is 65.7 Å². The lowest BCUT2D eigenvalue weighted by atomic mass is 9.97. The van der Waals surface area contributed by atoms with Crippen LogP contribution in [0.2, 0.25) is 5.02 Å². The number of hydrogen-bond donors (Lipinski definition) is 4. The molecule has 13 heteroatoms. The number of aryl methyl sites for hydroxylation is 2. The number of benzene rings is 2. The van der Waals surface area contributed by atoms with Gasteiger partial charge in [-0.25, -0.2) is 14.3 Å². The van der Waals surface area contributed by atoms with E-state index in [0.29, 0.717) is 33.6 Å². The van der Waals surface area contributed by atoms with Crippen LogP contribution < -0.4 is 21.5 Å². The minimum atomic E-state index is -0.673. The number of nitrogens with one attached hydrogen (secondary N) is 3. The van der Waals surface area contributed by atoms with Crippen LogP contribution in [0.25, 0.3) is 22.4 Å². The fourth-order valence-electron chi connectivity index (χ4n) is 4.23. The Balaban J connectivity index is 1.72. The molecular weight excluding hydrogens is 576 g/mol. The van der Waals surface area contributed by atoms with Gasteiger partial charge in [0.25, 0.3) is 11.5 Å². The summed E-state index contributed by atoms with van der Waals surface area (Å²) in [6.07, 6.45) is 2.95. The topological polar surface area (TPSA) is 165 Å². The zero-order chi connectivity index (χ0) is 31.1. The van der Waals surface area contributed by atoms with Crippen molar-refractivity contribution < 1.29 is 24.2 Å². The highest BCUT2D eigenvalue weighted by molar-refractivity contribution is 6.33. The van der Waals surface area contributed by atoms with E-state index in [4.69, 9.17) is 21.4 Å². The van der Waals surface area contributed by atoms with Crippen LogP contribution in [-0.2, 0) is 11.3 Å². The van der Waals surface area contributed by atoms with E-state index in [1.807, 2.05) is 0 Å². The van der Waals surface area contributed by atoms with Crippen molar-refractivity contribution in [1.82, 2.24) is 20.1 Å². The molecule has 43 heavy (non-hydrogen) atoms. The highest BCUT2D eigenvalue weighted by atomic mass is 35.5. The smallest absolute Gasteiger partial charge is 0.337 e. The summed E-state index contributed by atoms with van der Waals surface area (Å²) in [4.78, 5) is 54.9. The Morgan fingerprint density at radius 2 is 1.74 bits per heavy atom. The Hall–Kier alpha value is -5.07. The molecule has 0 aliphatic heterocycles. The fourth-order valence-corrected chi connectivity index (χ4v) is 4.49. The molecule has 2 aromatic heterocycles. The second-order valence-electron chi connectivity index (χ2n) is 9.31. The number of hydrogen-bond acceptors (Lipinski definition) is 8. The highest BCUT2D eigenvalue weighted by Gasteiger charge is 2.17. The van der Waals surface area contributed by atoms with Gasteiger partial charge >= 0.3 is 12.0 Å². The molecule has 0 unspecified atom stereocenters. The average Bonchev–Trinajstić information content (AvgIpc) is 3.02. The lowest BCUT2D eigenvalue weighted by molar-refractivity contribution is 0.0600. The lowest BCUT2D eigenvalue weighted by Crippen LogP contribution is -2.30. The standard InChI is InChI=1S/C30H29ClN6O6/c1-4-37-28(40)25(34-30(42)35-26-17(2)15-32-16-23(26)31)14-24(36-37)19-7-5-6-18(10-19)20-11-21(27(39)33-8-9-38)13-22(12-20)29(41)43-3/h5-7,10-16,38H,4,8-9H2,1-3H3,(H,33,39)(H2,32,34,35,42). The Morgan fingerprint density at radius 1 is 1.00 bits per heavy atom. The molecule has 0 aliphatic rings. The van der Waals surface area contributed by atoms with E-state index < -0.39 is 23.5 Å². The Labute approximate surface area is 251 Å². The fraction of sp³-hybridized carbons (Fsp3) is 0.200. The Kier molecular flexibility index (Phi) is 9.86. The molecule has 0 saturated carbocycles. The van der Waals surface area contributed by atoms with Gasteiger partial charge < -0.3 is 25.8 Å². The third kappa shape index (κ3) is 7.23. The molecule has 0 bridgehead atoms. The second-order valence-corrected chi connectivity index (χ2v) is 9.71. The van der Waals surface area contributed by atoms with Gasteiger partial charge in [-0.05, 0) is 60.9 Å². The molecule has 12 nitrogen and oxygen atoms in total. The molecule has 0 aliphatic carbocycles. The Morgan fingerprint density at radius 3 is 2.44 bits per heavy atom. The number of pyridine rings is 1. The van der Waals surface area contributed by atoms with Crippen LogP contribution >= 0.6 is 11.6 Å². The lowest BCUT2D eigenvalue weighted by Gasteiger charge is -2.14. The minimum Gasteiger partial charge on any atom is -0.465 e. The van der Waals surface area contributed by atoms with Gasteiger partial charge in [-0.2, -0.15) is 5.10 Å². The van der Waals surface area contributed by atoms with Gasteiger partial charge in [-0.3, -0.25) is 14.6 Å². The SMILES string of the molecule is CCn1nc(-c2cccc(-c3cc(C(=O)NCCO)cc(C(=O)OC)c3)c2)cc(NC(=O)Nc2c(C)cncc2Cl)c1=O. The molecule has 0 saturated heterocycles. The van der Waals surface area contributed by atoms with Crippen LogP contribution in [0, 0.1) is 6.92 Å². The van der Waals surface area contributed by atoms with Gasteiger partial charge in [-0.1, -0.05) is 29.8 Å². The molecule has 0 atom stereocenters. The maximum Gasteiger partial charge on any atom is 0.337 e. The van der Waals surface area contributed by atoms with Gasteiger partial charge in [0.1, 0.15) is 5.69 Å². The molecule has 3 amide bonds. The second kappa shape index (κ2) is 13.7. The maximum atomic E-state index is 13.0. The number of nitrogens with zero attached hydrogens (tertiary/aromatic N) is 3. The normalized spacial score (nSPS) is 10.6. The van der Waals surface area contributed by atoms with E-state index in [1.165, 1.54) is 30.1 Å². The van der Waals surface area contributed by atoms with Crippen molar-refractivity contribution in [2.75, 3.05) is 30.9 Å². The monoisotopic (exact) mass is 604 g/mol. The number of carbonyl (C=O) groups is 3. The quantitative estimate of drug-likeness (QED) is 0.207. The third-order valence-corrected chi connectivity index (χ3v) is 6.64. The molecule has 0 radical (unpaired) electrons. The van der Waals surface area contributed by atoms with E-state index in [9.17, 15) is 19.2 Å². The summed E-state index contributed by atoms with van der Waals surface area (Å²) in [6.45, 7) is 3.54. The third-order valence-electron chi connectivity index (χ3n) is 6.36. The number of aromatic nitrogens is 3. The molecule has 222 valence electrons. The number of methoxy groups -OCH3 is 1. The maximum absolute atomic E-state index is 13.0. The number of ether oxygens (including phenoxy) is 1. The van der Waals surface area contributed by atoms with E-state index in [2.05, 4.69) is 26.0 Å². The molecular formula is C30H29ClN6O6. The number of aliphatic hydroxyl groups is 1.